The number of nitrogens with zero attached hydrogens (tertiary/aromatic N) is 1. The van der Waals surface area contributed by atoms with E-state index in [1.807, 2.05) is 31.2 Å². The van der Waals surface area contributed by atoms with Gasteiger partial charge in [-0.05, 0) is 30.7 Å². The molecule has 19 heavy (non-hydrogen) atoms. The lowest BCUT2D eigenvalue weighted by molar-refractivity contribution is 0.279. The summed E-state index contributed by atoms with van der Waals surface area (Å²) in [6.45, 7) is 2.10. The molecule has 0 unspecified atom stereocenters. The molecule has 0 amide bonds. The summed E-state index contributed by atoms with van der Waals surface area (Å²) in [6.07, 6.45) is 0. The number of hydrogen-bond donors (Lipinski definition) is 1. The summed E-state index contributed by atoms with van der Waals surface area (Å²) < 4.78 is 2.21. The Kier molecular flexibility index (Phi) is 3.55. The number of rotatable bonds is 3. The minimum absolute atomic E-state index is 0.0644. The quantitative estimate of drug-likeness (QED) is 0.782. The number of aliphatic hydroxyl groups excluding tert-OH is 1. The number of para-hydroxylation sites is 1. The van der Waals surface area contributed by atoms with Crippen molar-refractivity contribution in [2.75, 3.05) is 0 Å². The lowest BCUT2D eigenvalue weighted by Crippen LogP contribution is -1.88. The summed E-state index contributed by atoms with van der Waals surface area (Å²) in [5, 5.41) is 9.43. The first-order valence-corrected chi connectivity index (χ1v) is 7.63. The molecular formula is C15H13NOS2. The molecule has 1 N–H and O–H groups in total. The number of benzene rings is 2. The molecule has 0 aliphatic rings. The van der Waals surface area contributed by atoms with Crippen LogP contribution in [-0.4, -0.2) is 10.1 Å². The Morgan fingerprint density at radius 2 is 2.05 bits per heavy atom. The zero-order valence-electron chi connectivity index (χ0n) is 10.5. The topological polar surface area (TPSA) is 33.1 Å². The average Bonchev–Trinajstić information content (AvgIpc) is 2.83. The molecule has 2 nitrogen and oxygen atoms in total. The highest BCUT2D eigenvalue weighted by Gasteiger charge is 2.08. The van der Waals surface area contributed by atoms with Crippen molar-refractivity contribution in [1.29, 1.82) is 0 Å². The molecule has 1 aromatic heterocycles. The maximum absolute atomic E-state index is 9.43. The first-order valence-electron chi connectivity index (χ1n) is 6.00. The van der Waals surface area contributed by atoms with Crippen molar-refractivity contribution < 1.29 is 5.11 Å². The minimum atomic E-state index is 0.0644. The van der Waals surface area contributed by atoms with Crippen molar-refractivity contribution in [2.24, 2.45) is 0 Å². The summed E-state index contributed by atoms with van der Waals surface area (Å²) in [5.74, 6) is 0. The van der Waals surface area contributed by atoms with Gasteiger partial charge in [0.05, 0.1) is 16.8 Å². The van der Waals surface area contributed by atoms with Crippen molar-refractivity contribution >= 4 is 33.3 Å². The number of fused-ring (bicyclic) bond motifs is 1. The Hall–Kier alpha value is -1.36. The zero-order chi connectivity index (χ0) is 13.2. The van der Waals surface area contributed by atoms with E-state index in [2.05, 4.69) is 23.2 Å². The van der Waals surface area contributed by atoms with Crippen LogP contribution in [0.5, 0.6) is 0 Å². The average molecular weight is 287 g/mol. The Morgan fingerprint density at radius 3 is 2.84 bits per heavy atom. The zero-order valence-corrected chi connectivity index (χ0v) is 12.1. The highest BCUT2D eigenvalue weighted by atomic mass is 32.2. The van der Waals surface area contributed by atoms with Gasteiger partial charge >= 0.3 is 0 Å². The van der Waals surface area contributed by atoms with Gasteiger partial charge in [0.2, 0.25) is 0 Å². The first-order chi connectivity index (χ1) is 9.26. The van der Waals surface area contributed by atoms with E-state index in [1.165, 1.54) is 4.70 Å². The van der Waals surface area contributed by atoms with Gasteiger partial charge in [0, 0.05) is 4.90 Å². The fraction of sp³-hybridized carbons (Fsp3) is 0.133. The largest absolute Gasteiger partial charge is 0.392 e. The van der Waals surface area contributed by atoms with Crippen molar-refractivity contribution in [3.8, 4) is 0 Å². The number of aliphatic hydroxyl groups is 1. The van der Waals surface area contributed by atoms with Gasteiger partial charge in [-0.15, -0.1) is 11.3 Å². The lowest BCUT2D eigenvalue weighted by atomic mass is 10.1. The van der Waals surface area contributed by atoms with Gasteiger partial charge in [-0.1, -0.05) is 41.6 Å². The monoisotopic (exact) mass is 287 g/mol. The van der Waals surface area contributed by atoms with Crippen LogP contribution in [-0.2, 0) is 6.61 Å². The molecule has 4 heteroatoms. The molecule has 3 aromatic rings. The standard InChI is InChI=1S/C15H13NOS2/c1-10-6-7-13(11(8-10)9-17)18-15-16-12-4-2-3-5-14(12)19-15/h2-8,17H,9H2,1H3. The fourth-order valence-corrected chi connectivity index (χ4v) is 4.05. The molecule has 3 rings (SSSR count). The second-order valence-electron chi connectivity index (χ2n) is 4.32. The second kappa shape index (κ2) is 5.33. The second-order valence-corrected chi connectivity index (χ2v) is 6.64. The predicted octanol–water partition coefficient (Wildman–Crippen LogP) is 4.25. The highest BCUT2D eigenvalue weighted by molar-refractivity contribution is 8.01. The third kappa shape index (κ3) is 2.66. The Labute approximate surface area is 120 Å². The summed E-state index contributed by atoms with van der Waals surface area (Å²) in [5.41, 5.74) is 3.16. The minimum Gasteiger partial charge on any atom is -0.392 e. The molecule has 2 aromatic carbocycles. The molecule has 96 valence electrons. The van der Waals surface area contributed by atoms with Crippen LogP contribution in [0.25, 0.3) is 10.2 Å². The maximum atomic E-state index is 9.43. The Morgan fingerprint density at radius 1 is 1.21 bits per heavy atom. The van der Waals surface area contributed by atoms with Crippen LogP contribution in [0.4, 0.5) is 0 Å². The molecule has 1 heterocycles. The summed E-state index contributed by atoms with van der Waals surface area (Å²) >= 11 is 3.31. The Balaban J connectivity index is 1.96. The van der Waals surface area contributed by atoms with Crippen molar-refractivity contribution in [3.63, 3.8) is 0 Å². The van der Waals surface area contributed by atoms with Crippen LogP contribution in [0.2, 0.25) is 0 Å². The van der Waals surface area contributed by atoms with Gasteiger partial charge < -0.3 is 5.11 Å². The third-order valence-electron chi connectivity index (χ3n) is 2.86. The van der Waals surface area contributed by atoms with Crippen LogP contribution in [0.3, 0.4) is 0 Å². The van der Waals surface area contributed by atoms with Crippen LogP contribution in [0.1, 0.15) is 11.1 Å². The molecule has 0 spiro atoms. The normalized spacial score (nSPS) is 11.1. The number of aromatic nitrogens is 1. The predicted molar refractivity (Wildman–Crippen MR) is 80.8 cm³/mol. The SMILES string of the molecule is Cc1ccc(Sc2nc3ccccc3s2)c(CO)c1. The van der Waals surface area contributed by atoms with E-state index < -0.39 is 0 Å². The van der Waals surface area contributed by atoms with Gasteiger partial charge in [0.15, 0.2) is 4.34 Å². The van der Waals surface area contributed by atoms with E-state index in [0.29, 0.717) is 0 Å². The van der Waals surface area contributed by atoms with Crippen molar-refractivity contribution in [3.05, 3.63) is 53.6 Å². The van der Waals surface area contributed by atoms with Gasteiger partial charge in [-0.25, -0.2) is 4.98 Å². The van der Waals surface area contributed by atoms with Gasteiger partial charge in [-0.3, -0.25) is 0 Å². The van der Waals surface area contributed by atoms with E-state index in [0.717, 1.165) is 25.9 Å². The summed E-state index contributed by atoms with van der Waals surface area (Å²) in [7, 11) is 0. The van der Waals surface area contributed by atoms with Crippen LogP contribution < -0.4 is 0 Å². The van der Waals surface area contributed by atoms with E-state index in [1.54, 1.807) is 23.1 Å². The molecule has 0 atom stereocenters. The molecule has 0 saturated carbocycles. The summed E-state index contributed by atoms with van der Waals surface area (Å²) in [4.78, 5) is 5.68. The van der Waals surface area contributed by atoms with E-state index >= 15 is 0 Å². The molecular weight excluding hydrogens is 274 g/mol. The van der Waals surface area contributed by atoms with E-state index in [9.17, 15) is 5.11 Å². The summed E-state index contributed by atoms with van der Waals surface area (Å²) in [6, 6.07) is 14.3. The van der Waals surface area contributed by atoms with Gasteiger partial charge in [-0.2, -0.15) is 0 Å². The lowest BCUT2D eigenvalue weighted by Gasteiger charge is -2.05. The van der Waals surface area contributed by atoms with Crippen LogP contribution in [0.15, 0.2) is 51.7 Å². The molecule has 0 radical (unpaired) electrons. The molecule has 0 aliphatic heterocycles. The maximum Gasteiger partial charge on any atom is 0.155 e. The van der Waals surface area contributed by atoms with Crippen molar-refractivity contribution in [1.82, 2.24) is 4.98 Å². The van der Waals surface area contributed by atoms with E-state index in [-0.39, 0.29) is 6.61 Å². The number of aryl methyl sites for hydroxylation is 1. The van der Waals surface area contributed by atoms with Crippen LogP contribution >= 0.6 is 23.1 Å². The van der Waals surface area contributed by atoms with E-state index in [4.69, 9.17) is 0 Å². The van der Waals surface area contributed by atoms with Gasteiger partial charge in [0.25, 0.3) is 0 Å². The van der Waals surface area contributed by atoms with Crippen molar-refractivity contribution in [2.45, 2.75) is 22.8 Å². The molecule has 0 fully saturated rings. The van der Waals surface area contributed by atoms with Crippen LogP contribution in [0, 0.1) is 6.92 Å². The molecule has 0 bridgehead atoms. The number of thiazole rings is 1. The van der Waals surface area contributed by atoms with Gasteiger partial charge in [0.1, 0.15) is 0 Å². The third-order valence-corrected chi connectivity index (χ3v) is 5.07. The Bertz CT molecular complexity index is 688. The smallest absolute Gasteiger partial charge is 0.155 e. The molecule has 0 aliphatic carbocycles. The fourth-order valence-electron chi connectivity index (χ4n) is 1.92. The molecule has 0 saturated heterocycles. The highest BCUT2D eigenvalue weighted by Crippen LogP contribution is 2.36. The first kappa shape index (κ1) is 12.7. The number of hydrogen-bond acceptors (Lipinski definition) is 4.